The fourth-order valence-electron chi connectivity index (χ4n) is 1.85. The summed E-state index contributed by atoms with van der Waals surface area (Å²) in [5, 5.41) is 3.39. The summed E-state index contributed by atoms with van der Waals surface area (Å²) >= 11 is 1.93. The van der Waals surface area contributed by atoms with Gasteiger partial charge in [0.1, 0.15) is 0 Å². The van der Waals surface area contributed by atoms with Crippen molar-refractivity contribution in [2.75, 3.05) is 19.9 Å². The summed E-state index contributed by atoms with van der Waals surface area (Å²) in [6.07, 6.45) is 4.73. The van der Waals surface area contributed by atoms with Gasteiger partial charge in [0.15, 0.2) is 11.6 Å². The van der Waals surface area contributed by atoms with Crippen LogP contribution in [0.15, 0.2) is 18.2 Å². The van der Waals surface area contributed by atoms with E-state index < -0.39 is 0 Å². The molecule has 1 saturated carbocycles. The van der Waals surface area contributed by atoms with Gasteiger partial charge in [0.25, 0.3) is 0 Å². The summed E-state index contributed by atoms with van der Waals surface area (Å²) in [5.41, 5.74) is 0.959. The Labute approximate surface area is 106 Å². The van der Waals surface area contributed by atoms with Crippen LogP contribution in [-0.4, -0.2) is 24.7 Å². The minimum absolute atomic E-state index is 0.294. The van der Waals surface area contributed by atoms with Gasteiger partial charge in [-0.25, -0.2) is 4.39 Å². The van der Waals surface area contributed by atoms with Crippen LogP contribution in [0.1, 0.15) is 18.4 Å². The van der Waals surface area contributed by atoms with Crippen LogP contribution in [0, 0.1) is 5.82 Å². The fraction of sp³-hybridized carbons (Fsp3) is 0.538. The van der Waals surface area contributed by atoms with Gasteiger partial charge in [0, 0.05) is 17.8 Å². The summed E-state index contributed by atoms with van der Waals surface area (Å²) in [6, 6.07) is 5.10. The predicted molar refractivity (Wildman–Crippen MR) is 70.1 cm³/mol. The zero-order valence-electron chi connectivity index (χ0n) is 10.3. The molecule has 4 heteroatoms. The van der Waals surface area contributed by atoms with Crippen molar-refractivity contribution in [1.29, 1.82) is 0 Å². The molecular weight excluding hydrogens is 237 g/mol. The molecule has 1 aromatic rings. The van der Waals surface area contributed by atoms with Gasteiger partial charge >= 0.3 is 0 Å². The molecule has 1 aromatic carbocycles. The maximum atomic E-state index is 13.4. The highest BCUT2D eigenvalue weighted by Gasteiger charge is 2.41. The van der Waals surface area contributed by atoms with Crippen molar-refractivity contribution in [3.05, 3.63) is 29.6 Å². The average molecular weight is 255 g/mol. The number of benzene rings is 1. The third-order valence-corrected chi connectivity index (χ3v) is 4.65. The van der Waals surface area contributed by atoms with Gasteiger partial charge in [0.2, 0.25) is 0 Å². The highest BCUT2D eigenvalue weighted by atomic mass is 32.2. The Balaban J connectivity index is 1.85. The largest absolute Gasteiger partial charge is 0.494 e. The summed E-state index contributed by atoms with van der Waals surface area (Å²) in [7, 11) is 1.48. The smallest absolute Gasteiger partial charge is 0.165 e. The molecule has 0 saturated heterocycles. The molecule has 0 radical (unpaired) electrons. The van der Waals surface area contributed by atoms with E-state index in [1.165, 1.54) is 26.0 Å². The Hall–Kier alpha value is -0.740. The molecule has 17 heavy (non-hydrogen) atoms. The van der Waals surface area contributed by atoms with Crippen LogP contribution in [0.2, 0.25) is 0 Å². The maximum absolute atomic E-state index is 13.4. The molecule has 0 spiro atoms. The molecule has 1 aliphatic rings. The summed E-state index contributed by atoms with van der Waals surface area (Å²) in [5.74, 6) is 0.00864. The van der Waals surface area contributed by atoms with Crippen LogP contribution in [0.4, 0.5) is 4.39 Å². The van der Waals surface area contributed by atoms with Gasteiger partial charge in [-0.2, -0.15) is 11.8 Å². The first-order valence-electron chi connectivity index (χ1n) is 5.77. The van der Waals surface area contributed by atoms with Crippen LogP contribution in [0.3, 0.4) is 0 Å². The molecule has 1 aliphatic carbocycles. The van der Waals surface area contributed by atoms with Crippen LogP contribution in [0.5, 0.6) is 5.75 Å². The van der Waals surface area contributed by atoms with Crippen LogP contribution in [0.25, 0.3) is 0 Å². The lowest BCUT2D eigenvalue weighted by atomic mass is 10.2. The highest BCUT2D eigenvalue weighted by molar-refractivity contribution is 8.00. The topological polar surface area (TPSA) is 21.3 Å². The molecule has 1 N–H and O–H groups in total. The molecule has 0 amide bonds. The molecule has 94 valence electrons. The number of methoxy groups -OCH3 is 1. The molecule has 0 heterocycles. The van der Waals surface area contributed by atoms with E-state index in [0.717, 1.165) is 12.1 Å². The molecule has 1 fully saturated rings. The molecule has 0 aromatic heterocycles. The minimum Gasteiger partial charge on any atom is -0.494 e. The van der Waals surface area contributed by atoms with Crippen LogP contribution < -0.4 is 10.1 Å². The second-order valence-corrected chi connectivity index (χ2v) is 5.73. The van der Waals surface area contributed by atoms with Gasteiger partial charge in [0.05, 0.1) is 7.11 Å². The lowest BCUT2D eigenvalue weighted by molar-refractivity contribution is 0.386. The number of halogens is 1. The molecular formula is C13H18FNOS. The van der Waals surface area contributed by atoms with Crippen molar-refractivity contribution >= 4 is 11.8 Å². The lowest BCUT2D eigenvalue weighted by Crippen LogP contribution is -2.25. The van der Waals surface area contributed by atoms with E-state index in [1.54, 1.807) is 6.07 Å². The predicted octanol–water partition coefficient (Wildman–Crippen LogP) is 2.82. The van der Waals surface area contributed by atoms with E-state index in [-0.39, 0.29) is 5.82 Å². The minimum atomic E-state index is -0.294. The van der Waals surface area contributed by atoms with Gasteiger partial charge in [-0.05, 0) is 36.8 Å². The second kappa shape index (κ2) is 5.27. The average Bonchev–Trinajstić information content (AvgIpc) is 3.10. The Bertz CT molecular complexity index is 393. The molecule has 0 bridgehead atoms. The van der Waals surface area contributed by atoms with Crippen molar-refractivity contribution in [3.63, 3.8) is 0 Å². The van der Waals surface area contributed by atoms with Crippen molar-refractivity contribution in [1.82, 2.24) is 5.32 Å². The summed E-state index contributed by atoms with van der Waals surface area (Å²) < 4.78 is 18.8. The number of rotatable bonds is 6. The van der Waals surface area contributed by atoms with Crippen LogP contribution >= 0.6 is 11.8 Å². The summed E-state index contributed by atoms with van der Waals surface area (Å²) in [6.45, 7) is 1.71. The van der Waals surface area contributed by atoms with Gasteiger partial charge < -0.3 is 10.1 Å². The third-order valence-electron chi connectivity index (χ3n) is 3.23. The van der Waals surface area contributed by atoms with Crippen molar-refractivity contribution < 1.29 is 9.13 Å². The first-order chi connectivity index (χ1) is 8.19. The van der Waals surface area contributed by atoms with Crippen molar-refractivity contribution in [2.45, 2.75) is 24.1 Å². The number of hydrogen-bond donors (Lipinski definition) is 1. The quantitative estimate of drug-likeness (QED) is 0.844. The maximum Gasteiger partial charge on any atom is 0.165 e. The highest BCUT2D eigenvalue weighted by Crippen LogP contribution is 2.46. The van der Waals surface area contributed by atoms with Crippen LogP contribution in [-0.2, 0) is 6.54 Å². The molecule has 0 aliphatic heterocycles. The first-order valence-corrected chi connectivity index (χ1v) is 7.00. The van der Waals surface area contributed by atoms with E-state index in [4.69, 9.17) is 4.74 Å². The van der Waals surface area contributed by atoms with Crippen molar-refractivity contribution in [2.24, 2.45) is 0 Å². The second-order valence-electron chi connectivity index (χ2n) is 4.46. The fourth-order valence-corrected chi connectivity index (χ4v) is 2.60. The third kappa shape index (κ3) is 3.13. The van der Waals surface area contributed by atoms with E-state index in [1.807, 2.05) is 17.8 Å². The molecule has 0 atom stereocenters. The van der Waals surface area contributed by atoms with E-state index in [9.17, 15) is 4.39 Å². The first kappa shape index (κ1) is 12.7. The SMILES string of the molecule is COc1ccc(CNCC2(SC)CC2)cc1F. The normalized spacial score (nSPS) is 16.9. The number of hydrogen-bond acceptors (Lipinski definition) is 3. The van der Waals surface area contributed by atoms with Gasteiger partial charge in [-0.3, -0.25) is 0 Å². The Kier molecular flexibility index (Phi) is 3.94. The zero-order chi connectivity index (χ0) is 12.3. The summed E-state index contributed by atoms with van der Waals surface area (Å²) in [4.78, 5) is 0. The number of thioether (sulfide) groups is 1. The van der Waals surface area contributed by atoms with E-state index in [0.29, 0.717) is 17.0 Å². The Morgan fingerprint density at radius 1 is 1.47 bits per heavy atom. The molecule has 2 rings (SSSR count). The lowest BCUT2D eigenvalue weighted by Gasteiger charge is -2.13. The number of nitrogens with one attached hydrogen (secondary N) is 1. The molecule has 2 nitrogen and oxygen atoms in total. The standard InChI is InChI=1S/C13H18FNOS/c1-16-12-4-3-10(7-11(12)14)8-15-9-13(17-2)5-6-13/h3-4,7,15H,5-6,8-9H2,1-2H3. The van der Waals surface area contributed by atoms with Gasteiger partial charge in [-0.1, -0.05) is 6.07 Å². The monoisotopic (exact) mass is 255 g/mol. The zero-order valence-corrected chi connectivity index (χ0v) is 11.1. The Morgan fingerprint density at radius 2 is 2.24 bits per heavy atom. The van der Waals surface area contributed by atoms with Crippen molar-refractivity contribution in [3.8, 4) is 5.75 Å². The number of ether oxygens (including phenoxy) is 1. The Morgan fingerprint density at radius 3 is 2.76 bits per heavy atom. The van der Waals surface area contributed by atoms with E-state index in [2.05, 4.69) is 11.6 Å². The van der Waals surface area contributed by atoms with E-state index >= 15 is 0 Å². The molecule has 0 unspecified atom stereocenters. The van der Waals surface area contributed by atoms with Gasteiger partial charge in [-0.15, -0.1) is 0 Å².